The second-order valence-corrected chi connectivity index (χ2v) is 6.28. The molecule has 1 heterocycles. The Hall–Kier alpha value is -0.930. The molecule has 1 aliphatic carbocycles. The number of benzene rings is 1. The third-order valence-electron chi connectivity index (χ3n) is 4.90. The highest BCUT2D eigenvalue weighted by molar-refractivity contribution is 5.15. The van der Waals surface area contributed by atoms with Crippen LogP contribution in [-0.4, -0.2) is 37.3 Å². The van der Waals surface area contributed by atoms with Crippen molar-refractivity contribution in [2.75, 3.05) is 26.3 Å². The van der Waals surface area contributed by atoms with Crippen molar-refractivity contribution in [2.45, 2.75) is 31.8 Å². The molecule has 0 radical (unpaired) electrons. The predicted octanol–water partition coefficient (Wildman–Crippen LogP) is 2.85. The number of likely N-dealkylation sites (tertiary alicyclic amines) is 1. The maximum atomic E-state index is 12.2. The Labute approximate surface area is 121 Å². The van der Waals surface area contributed by atoms with Crippen LogP contribution in [0.15, 0.2) is 30.3 Å². The van der Waals surface area contributed by atoms with Gasteiger partial charge in [0.2, 0.25) is 0 Å². The van der Waals surface area contributed by atoms with Crippen LogP contribution < -0.4 is 5.32 Å². The largest absolute Gasteiger partial charge is 0.314 e. The van der Waals surface area contributed by atoms with Gasteiger partial charge in [-0.1, -0.05) is 30.3 Å². The summed E-state index contributed by atoms with van der Waals surface area (Å²) in [5.41, 5.74) is 1.41. The molecular weight excluding hydrogens is 251 g/mol. The molecule has 3 heteroatoms. The fourth-order valence-electron chi connectivity index (χ4n) is 3.94. The standard InChI is InChI=1S/C17H25FN2/c18-9-4-10-19-17-8-7-15-12-20(13-16(15)17)11-14-5-2-1-3-6-14/h1-3,5-6,15-17,19H,4,7-13H2/t15-,16+,17+/m0/s1. The molecule has 0 amide bonds. The maximum absolute atomic E-state index is 12.2. The van der Waals surface area contributed by atoms with Gasteiger partial charge in [-0.25, -0.2) is 0 Å². The van der Waals surface area contributed by atoms with Crippen molar-refractivity contribution in [1.29, 1.82) is 0 Å². The fourth-order valence-corrected chi connectivity index (χ4v) is 3.94. The van der Waals surface area contributed by atoms with Gasteiger partial charge in [0, 0.05) is 25.7 Å². The maximum Gasteiger partial charge on any atom is 0.0906 e. The van der Waals surface area contributed by atoms with Crippen molar-refractivity contribution in [1.82, 2.24) is 10.2 Å². The summed E-state index contributed by atoms with van der Waals surface area (Å²) in [4.78, 5) is 2.59. The van der Waals surface area contributed by atoms with Crippen LogP contribution in [0.5, 0.6) is 0 Å². The molecule has 1 aliphatic heterocycles. The van der Waals surface area contributed by atoms with Crippen molar-refractivity contribution >= 4 is 0 Å². The van der Waals surface area contributed by atoms with E-state index in [1.165, 1.54) is 31.5 Å². The molecular formula is C17H25FN2. The van der Waals surface area contributed by atoms with E-state index in [4.69, 9.17) is 0 Å². The number of nitrogens with zero attached hydrogens (tertiary/aromatic N) is 1. The van der Waals surface area contributed by atoms with E-state index in [9.17, 15) is 4.39 Å². The zero-order chi connectivity index (χ0) is 13.8. The Kier molecular flexibility index (Phi) is 4.69. The third kappa shape index (κ3) is 3.21. The third-order valence-corrected chi connectivity index (χ3v) is 4.90. The molecule has 2 fully saturated rings. The number of halogens is 1. The van der Waals surface area contributed by atoms with E-state index in [1.807, 2.05) is 0 Å². The minimum absolute atomic E-state index is 0.200. The first-order valence-electron chi connectivity index (χ1n) is 7.92. The van der Waals surface area contributed by atoms with E-state index in [-0.39, 0.29) is 6.67 Å². The molecule has 1 aromatic carbocycles. The van der Waals surface area contributed by atoms with Gasteiger partial charge in [0.1, 0.15) is 0 Å². The second kappa shape index (κ2) is 6.68. The summed E-state index contributed by atoms with van der Waals surface area (Å²) < 4.78 is 12.2. The summed E-state index contributed by atoms with van der Waals surface area (Å²) in [6, 6.07) is 11.4. The van der Waals surface area contributed by atoms with Crippen LogP contribution in [0, 0.1) is 11.8 Å². The predicted molar refractivity (Wildman–Crippen MR) is 80.3 cm³/mol. The number of fused-ring (bicyclic) bond motifs is 1. The lowest BCUT2D eigenvalue weighted by atomic mass is 9.98. The molecule has 3 rings (SSSR count). The average molecular weight is 276 g/mol. The molecule has 1 N–H and O–H groups in total. The zero-order valence-corrected chi connectivity index (χ0v) is 12.1. The van der Waals surface area contributed by atoms with E-state index in [2.05, 4.69) is 40.5 Å². The van der Waals surface area contributed by atoms with Crippen LogP contribution in [0.1, 0.15) is 24.8 Å². The molecule has 2 nitrogen and oxygen atoms in total. The normalized spacial score (nSPS) is 29.8. The average Bonchev–Trinajstić information content (AvgIpc) is 3.01. The van der Waals surface area contributed by atoms with Gasteiger partial charge in [-0.2, -0.15) is 0 Å². The first-order chi connectivity index (χ1) is 9.86. The molecule has 0 unspecified atom stereocenters. The van der Waals surface area contributed by atoms with Crippen LogP contribution in [0.2, 0.25) is 0 Å². The van der Waals surface area contributed by atoms with Crippen LogP contribution in [0.3, 0.4) is 0 Å². The van der Waals surface area contributed by atoms with Gasteiger partial charge < -0.3 is 5.32 Å². The molecule has 20 heavy (non-hydrogen) atoms. The highest BCUT2D eigenvalue weighted by Gasteiger charge is 2.41. The van der Waals surface area contributed by atoms with Gasteiger partial charge in [0.15, 0.2) is 0 Å². The minimum atomic E-state index is -0.200. The lowest BCUT2D eigenvalue weighted by Crippen LogP contribution is -2.36. The van der Waals surface area contributed by atoms with Gasteiger partial charge >= 0.3 is 0 Å². The Morgan fingerprint density at radius 1 is 1.15 bits per heavy atom. The Bertz CT molecular complexity index is 409. The molecule has 0 spiro atoms. The lowest BCUT2D eigenvalue weighted by Gasteiger charge is -2.21. The van der Waals surface area contributed by atoms with Crippen molar-refractivity contribution in [3.8, 4) is 0 Å². The van der Waals surface area contributed by atoms with Gasteiger partial charge in [-0.3, -0.25) is 9.29 Å². The number of alkyl halides is 1. The number of hydrogen-bond acceptors (Lipinski definition) is 2. The second-order valence-electron chi connectivity index (χ2n) is 6.28. The van der Waals surface area contributed by atoms with E-state index < -0.39 is 0 Å². The van der Waals surface area contributed by atoms with Gasteiger partial charge in [0.25, 0.3) is 0 Å². The van der Waals surface area contributed by atoms with Crippen molar-refractivity contribution < 1.29 is 4.39 Å². The van der Waals surface area contributed by atoms with E-state index in [1.54, 1.807) is 0 Å². The highest BCUT2D eigenvalue weighted by Crippen LogP contribution is 2.38. The van der Waals surface area contributed by atoms with Gasteiger partial charge in [0.05, 0.1) is 6.67 Å². The van der Waals surface area contributed by atoms with E-state index in [0.717, 1.165) is 24.9 Å². The quantitative estimate of drug-likeness (QED) is 0.804. The monoisotopic (exact) mass is 276 g/mol. The van der Waals surface area contributed by atoms with Crippen molar-refractivity contribution in [3.63, 3.8) is 0 Å². The smallest absolute Gasteiger partial charge is 0.0906 e. The summed E-state index contributed by atoms with van der Waals surface area (Å²) in [7, 11) is 0. The van der Waals surface area contributed by atoms with Crippen LogP contribution in [0.4, 0.5) is 4.39 Å². The summed E-state index contributed by atoms with van der Waals surface area (Å²) in [6.07, 6.45) is 3.27. The molecule has 0 bridgehead atoms. The summed E-state index contributed by atoms with van der Waals surface area (Å²) in [6.45, 7) is 4.15. The Morgan fingerprint density at radius 3 is 2.80 bits per heavy atom. The SMILES string of the molecule is FCCCN[C@@H]1CC[C@H]2CN(Cc3ccccc3)C[C@H]21. The van der Waals surface area contributed by atoms with Crippen molar-refractivity contribution in [2.24, 2.45) is 11.8 Å². The topological polar surface area (TPSA) is 15.3 Å². The highest BCUT2D eigenvalue weighted by atomic mass is 19.1. The molecule has 2 aliphatic rings. The molecule has 3 atom stereocenters. The van der Waals surface area contributed by atoms with E-state index in [0.29, 0.717) is 12.5 Å². The summed E-state index contributed by atoms with van der Waals surface area (Å²) >= 11 is 0. The van der Waals surface area contributed by atoms with Gasteiger partial charge in [-0.05, 0) is 43.2 Å². The molecule has 1 saturated carbocycles. The van der Waals surface area contributed by atoms with Crippen LogP contribution >= 0.6 is 0 Å². The first kappa shape index (κ1) is 14.0. The fraction of sp³-hybridized carbons (Fsp3) is 0.647. The van der Waals surface area contributed by atoms with E-state index >= 15 is 0 Å². The summed E-state index contributed by atoms with van der Waals surface area (Å²) in [5.74, 6) is 1.62. The number of hydrogen-bond donors (Lipinski definition) is 1. The van der Waals surface area contributed by atoms with Crippen LogP contribution in [-0.2, 0) is 6.54 Å². The van der Waals surface area contributed by atoms with Gasteiger partial charge in [-0.15, -0.1) is 0 Å². The summed E-state index contributed by atoms with van der Waals surface area (Å²) in [5, 5.41) is 3.57. The first-order valence-corrected chi connectivity index (χ1v) is 7.92. The molecule has 1 saturated heterocycles. The molecule has 110 valence electrons. The molecule has 1 aromatic rings. The van der Waals surface area contributed by atoms with Crippen LogP contribution in [0.25, 0.3) is 0 Å². The van der Waals surface area contributed by atoms with Crippen molar-refractivity contribution in [3.05, 3.63) is 35.9 Å². The Balaban J connectivity index is 1.51. The number of nitrogens with one attached hydrogen (secondary N) is 1. The lowest BCUT2D eigenvalue weighted by molar-refractivity contribution is 0.288. The number of rotatable bonds is 6. The Morgan fingerprint density at radius 2 is 2.00 bits per heavy atom. The molecule has 0 aromatic heterocycles. The zero-order valence-electron chi connectivity index (χ0n) is 12.1. The minimum Gasteiger partial charge on any atom is -0.314 e.